The summed E-state index contributed by atoms with van der Waals surface area (Å²) in [5, 5.41) is 20.5. The van der Waals surface area contributed by atoms with Gasteiger partial charge in [0.25, 0.3) is 0 Å². The molecule has 1 saturated carbocycles. The van der Waals surface area contributed by atoms with Crippen molar-refractivity contribution in [2.24, 2.45) is 0 Å². The first-order valence-electron chi connectivity index (χ1n) is 7.25. The summed E-state index contributed by atoms with van der Waals surface area (Å²) in [6.45, 7) is 0. The van der Waals surface area contributed by atoms with Crippen LogP contribution in [0.1, 0.15) is 49.1 Å². The summed E-state index contributed by atoms with van der Waals surface area (Å²) in [4.78, 5) is 0. The van der Waals surface area contributed by atoms with Crippen LogP contribution in [0, 0.1) is 47.9 Å². The third-order valence-electron chi connectivity index (χ3n) is 3.73. The van der Waals surface area contributed by atoms with Crippen LogP contribution in [0.15, 0.2) is 12.1 Å². The minimum atomic E-state index is 0.0657. The molecule has 0 bridgehead atoms. The summed E-state index contributed by atoms with van der Waals surface area (Å²) in [6, 6.07) is 3.18. The summed E-state index contributed by atoms with van der Waals surface area (Å²) in [5.74, 6) is 17.9. The molecule has 2 N–H and O–H groups in total. The number of benzene rings is 1. The van der Waals surface area contributed by atoms with Crippen molar-refractivity contribution in [3.05, 3.63) is 23.3 Å². The Balaban J connectivity index is 2.28. The normalized spacial score (nSPS) is 13.4. The Morgan fingerprint density at radius 2 is 1.59 bits per heavy atom. The van der Waals surface area contributed by atoms with Gasteiger partial charge >= 0.3 is 0 Å². The standard InChI is InChI=1S/C20H16O2/c1-2-3-4-5-6-8-13-17-14-15-18(21)19(20(17)22)16-11-9-7-10-12-16/h1,14-16,21-22H,7,9-12H2. The first-order valence-corrected chi connectivity index (χ1v) is 7.25. The van der Waals surface area contributed by atoms with Gasteiger partial charge in [0.1, 0.15) is 11.5 Å². The van der Waals surface area contributed by atoms with Gasteiger partial charge in [-0.1, -0.05) is 19.3 Å². The highest BCUT2D eigenvalue weighted by Crippen LogP contribution is 2.43. The van der Waals surface area contributed by atoms with E-state index in [1.807, 2.05) is 0 Å². The van der Waals surface area contributed by atoms with Gasteiger partial charge in [-0.25, -0.2) is 0 Å². The van der Waals surface area contributed by atoms with E-state index < -0.39 is 0 Å². The van der Waals surface area contributed by atoms with Gasteiger partial charge in [-0.2, -0.15) is 0 Å². The second-order valence-corrected chi connectivity index (χ2v) is 5.12. The minimum Gasteiger partial charge on any atom is -0.508 e. The molecule has 0 spiro atoms. The lowest BCUT2D eigenvalue weighted by molar-refractivity contribution is 0.389. The largest absolute Gasteiger partial charge is 0.508 e. The summed E-state index contributed by atoms with van der Waals surface area (Å²) in [7, 11) is 0. The van der Waals surface area contributed by atoms with E-state index in [0.29, 0.717) is 11.1 Å². The number of hydrogen-bond acceptors (Lipinski definition) is 2. The Bertz CT molecular complexity index is 771. The molecule has 1 aromatic carbocycles. The number of hydrogen-bond donors (Lipinski definition) is 2. The summed E-state index contributed by atoms with van der Waals surface area (Å²) in [5.41, 5.74) is 1.09. The van der Waals surface area contributed by atoms with Gasteiger partial charge in [0.2, 0.25) is 0 Å². The van der Waals surface area contributed by atoms with Gasteiger partial charge in [0.05, 0.1) is 5.56 Å². The fourth-order valence-electron chi connectivity index (χ4n) is 2.72. The molecule has 0 heterocycles. The molecule has 2 rings (SSSR count). The van der Waals surface area contributed by atoms with Gasteiger partial charge in [0.15, 0.2) is 0 Å². The van der Waals surface area contributed by atoms with E-state index in [2.05, 4.69) is 41.4 Å². The number of rotatable bonds is 1. The predicted octanol–water partition coefficient (Wildman–Crippen LogP) is 3.14. The van der Waals surface area contributed by atoms with Gasteiger partial charge in [-0.05, 0) is 72.3 Å². The topological polar surface area (TPSA) is 40.5 Å². The van der Waals surface area contributed by atoms with Crippen molar-refractivity contribution < 1.29 is 10.2 Å². The third-order valence-corrected chi connectivity index (χ3v) is 3.73. The van der Waals surface area contributed by atoms with E-state index >= 15 is 0 Å². The van der Waals surface area contributed by atoms with Crippen LogP contribution in [0.3, 0.4) is 0 Å². The van der Waals surface area contributed by atoms with E-state index in [4.69, 9.17) is 6.42 Å². The van der Waals surface area contributed by atoms with Crippen LogP contribution in [-0.2, 0) is 0 Å². The molecule has 0 unspecified atom stereocenters. The first-order chi connectivity index (χ1) is 10.7. The van der Waals surface area contributed by atoms with Crippen LogP contribution in [-0.4, -0.2) is 10.2 Å². The molecule has 0 radical (unpaired) electrons. The molecule has 0 saturated heterocycles. The van der Waals surface area contributed by atoms with Gasteiger partial charge in [0, 0.05) is 5.56 Å². The predicted molar refractivity (Wildman–Crippen MR) is 86.9 cm³/mol. The molecule has 1 aromatic rings. The lowest BCUT2D eigenvalue weighted by Gasteiger charge is -2.23. The molecule has 2 nitrogen and oxygen atoms in total. The quantitative estimate of drug-likeness (QED) is 0.779. The number of terminal acetylenes is 1. The second-order valence-electron chi connectivity index (χ2n) is 5.12. The Morgan fingerprint density at radius 1 is 0.909 bits per heavy atom. The van der Waals surface area contributed by atoms with Crippen LogP contribution >= 0.6 is 0 Å². The first kappa shape index (κ1) is 15.4. The van der Waals surface area contributed by atoms with E-state index in [-0.39, 0.29) is 17.4 Å². The number of aromatic hydroxyl groups is 2. The molecule has 1 aliphatic carbocycles. The van der Waals surface area contributed by atoms with Crippen molar-refractivity contribution in [2.75, 3.05) is 0 Å². The van der Waals surface area contributed by atoms with E-state index in [1.165, 1.54) is 6.42 Å². The van der Waals surface area contributed by atoms with Crippen molar-refractivity contribution >= 4 is 0 Å². The molecule has 1 aliphatic rings. The molecule has 0 amide bonds. The third kappa shape index (κ3) is 3.79. The summed E-state index contributed by atoms with van der Waals surface area (Å²) in [6.07, 6.45) is 10.4. The molecule has 0 atom stereocenters. The van der Waals surface area contributed by atoms with Crippen LogP contribution in [0.2, 0.25) is 0 Å². The summed E-state index contributed by atoms with van der Waals surface area (Å²) < 4.78 is 0. The number of phenolic OH excluding ortho intramolecular Hbond substituents is 2. The molecule has 108 valence electrons. The average Bonchev–Trinajstić information content (AvgIpc) is 2.54. The van der Waals surface area contributed by atoms with Crippen LogP contribution in [0.25, 0.3) is 0 Å². The average molecular weight is 288 g/mol. The van der Waals surface area contributed by atoms with Crippen molar-refractivity contribution in [3.63, 3.8) is 0 Å². The van der Waals surface area contributed by atoms with Crippen molar-refractivity contribution in [1.82, 2.24) is 0 Å². The summed E-state index contributed by atoms with van der Waals surface area (Å²) >= 11 is 0. The van der Waals surface area contributed by atoms with Crippen LogP contribution in [0.4, 0.5) is 0 Å². The SMILES string of the molecule is C#CC#CC#CC#Cc1ccc(O)c(C2CCCCC2)c1O. The maximum absolute atomic E-state index is 10.4. The molecule has 2 heteroatoms. The van der Waals surface area contributed by atoms with Crippen LogP contribution < -0.4 is 0 Å². The zero-order chi connectivity index (χ0) is 15.8. The van der Waals surface area contributed by atoms with Crippen molar-refractivity contribution in [3.8, 4) is 59.4 Å². The molecular weight excluding hydrogens is 272 g/mol. The maximum Gasteiger partial charge on any atom is 0.138 e. The lowest BCUT2D eigenvalue weighted by Crippen LogP contribution is -2.05. The Morgan fingerprint density at radius 3 is 2.32 bits per heavy atom. The fourth-order valence-corrected chi connectivity index (χ4v) is 2.72. The highest BCUT2D eigenvalue weighted by Gasteiger charge is 2.23. The minimum absolute atomic E-state index is 0.0657. The van der Waals surface area contributed by atoms with Crippen molar-refractivity contribution in [1.29, 1.82) is 0 Å². The van der Waals surface area contributed by atoms with E-state index in [1.54, 1.807) is 12.1 Å². The fraction of sp³-hybridized carbons (Fsp3) is 0.300. The number of phenols is 2. The Hall–Kier alpha value is -2.94. The van der Waals surface area contributed by atoms with Gasteiger partial charge in [-0.3, -0.25) is 0 Å². The monoisotopic (exact) mass is 288 g/mol. The van der Waals surface area contributed by atoms with Gasteiger partial charge < -0.3 is 10.2 Å². The van der Waals surface area contributed by atoms with Gasteiger partial charge in [-0.15, -0.1) is 6.42 Å². The molecular formula is C20H16O2. The van der Waals surface area contributed by atoms with Crippen LogP contribution in [0.5, 0.6) is 11.5 Å². The highest BCUT2D eigenvalue weighted by atomic mass is 16.3. The van der Waals surface area contributed by atoms with E-state index in [0.717, 1.165) is 25.7 Å². The smallest absolute Gasteiger partial charge is 0.138 e. The lowest BCUT2D eigenvalue weighted by atomic mass is 9.82. The highest BCUT2D eigenvalue weighted by molar-refractivity contribution is 5.57. The Kier molecular flexibility index (Phi) is 5.44. The zero-order valence-corrected chi connectivity index (χ0v) is 12.2. The second kappa shape index (κ2) is 7.74. The zero-order valence-electron chi connectivity index (χ0n) is 12.2. The van der Waals surface area contributed by atoms with E-state index in [9.17, 15) is 10.2 Å². The maximum atomic E-state index is 10.4. The molecule has 22 heavy (non-hydrogen) atoms. The Labute approximate surface area is 131 Å². The van der Waals surface area contributed by atoms with Crippen molar-refractivity contribution in [2.45, 2.75) is 38.0 Å². The molecule has 0 aromatic heterocycles. The molecule has 0 aliphatic heterocycles. The molecule has 1 fully saturated rings.